The quantitative estimate of drug-likeness (QED) is 0.404. The summed E-state index contributed by atoms with van der Waals surface area (Å²) in [5.41, 5.74) is 1.47. The number of para-hydroxylation sites is 1. The predicted octanol–water partition coefficient (Wildman–Crippen LogP) is 5.40. The SMILES string of the molecule is COc1c(Cl)cccc1-c1oc(Cc2ccccc2)nc1NS(=O)(=O)c1ccccc1. The minimum Gasteiger partial charge on any atom is -0.494 e. The number of aromatic nitrogens is 1. The summed E-state index contributed by atoms with van der Waals surface area (Å²) < 4.78 is 39.8. The van der Waals surface area contributed by atoms with Crippen molar-refractivity contribution >= 4 is 27.4 Å². The molecular formula is C23H19ClN2O4S. The number of methoxy groups -OCH3 is 1. The van der Waals surface area contributed by atoms with Crippen LogP contribution in [-0.2, 0) is 16.4 Å². The molecule has 0 saturated heterocycles. The first kappa shape index (κ1) is 21.0. The normalized spacial score (nSPS) is 11.3. The number of nitrogens with one attached hydrogen (secondary N) is 1. The molecule has 3 aromatic carbocycles. The van der Waals surface area contributed by atoms with E-state index in [1.165, 1.54) is 19.2 Å². The standard InChI is InChI=1S/C23H19ClN2O4S/c1-29-21-18(13-8-14-19(21)24)22-23(26-31(27,28)17-11-6-3-7-12-17)25-20(30-22)15-16-9-4-2-5-10-16/h2-14,26H,15H2,1H3. The maximum atomic E-state index is 12.9. The highest BCUT2D eigenvalue weighted by atomic mass is 35.5. The summed E-state index contributed by atoms with van der Waals surface area (Å²) >= 11 is 6.27. The average molecular weight is 455 g/mol. The van der Waals surface area contributed by atoms with Crippen molar-refractivity contribution in [3.8, 4) is 17.1 Å². The van der Waals surface area contributed by atoms with Gasteiger partial charge in [-0.05, 0) is 29.8 Å². The number of hydrogen-bond acceptors (Lipinski definition) is 5. The van der Waals surface area contributed by atoms with E-state index < -0.39 is 10.0 Å². The van der Waals surface area contributed by atoms with Crippen LogP contribution in [0.5, 0.6) is 5.75 Å². The van der Waals surface area contributed by atoms with Gasteiger partial charge in [0.25, 0.3) is 10.0 Å². The molecule has 1 heterocycles. The molecule has 0 fully saturated rings. The molecule has 0 spiro atoms. The number of halogens is 1. The molecule has 158 valence electrons. The van der Waals surface area contributed by atoms with Crippen LogP contribution in [0.15, 0.2) is 88.2 Å². The van der Waals surface area contributed by atoms with Crippen LogP contribution in [-0.4, -0.2) is 20.5 Å². The van der Waals surface area contributed by atoms with E-state index in [1.807, 2.05) is 30.3 Å². The molecule has 0 aliphatic heterocycles. The second-order valence-corrected chi connectivity index (χ2v) is 8.78. The number of benzene rings is 3. The fourth-order valence-electron chi connectivity index (χ4n) is 3.14. The van der Waals surface area contributed by atoms with E-state index in [0.717, 1.165) is 5.56 Å². The Morgan fingerprint density at radius 2 is 1.65 bits per heavy atom. The lowest BCUT2D eigenvalue weighted by atomic mass is 10.1. The fourth-order valence-corrected chi connectivity index (χ4v) is 4.42. The number of nitrogens with zero attached hydrogens (tertiary/aromatic N) is 1. The summed E-state index contributed by atoms with van der Waals surface area (Å²) in [5, 5.41) is 0.373. The Morgan fingerprint density at radius 3 is 2.32 bits per heavy atom. The summed E-state index contributed by atoms with van der Waals surface area (Å²) in [6, 6.07) is 22.8. The highest BCUT2D eigenvalue weighted by Crippen LogP contribution is 2.40. The summed E-state index contributed by atoms with van der Waals surface area (Å²) in [4.78, 5) is 4.56. The van der Waals surface area contributed by atoms with E-state index in [4.69, 9.17) is 20.8 Å². The zero-order chi connectivity index (χ0) is 21.8. The minimum atomic E-state index is -3.88. The lowest BCUT2D eigenvalue weighted by Gasteiger charge is -2.10. The summed E-state index contributed by atoms with van der Waals surface area (Å²) in [6.45, 7) is 0. The van der Waals surface area contributed by atoms with Gasteiger partial charge in [0.15, 0.2) is 11.6 Å². The molecule has 0 aliphatic carbocycles. The Kier molecular flexibility index (Phi) is 5.97. The van der Waals surface area contributed by atoms with E-state index in [-0.39, 0.29) is 16.5 Å². The molecule has 0 radical (unpaired) electrons. The number of rotatable bonds is 7. The monoisotopic (exact) mass is 454 g/mol. The van der Waals surface area contributed by atoms with Crippen LogP contribution in [0.1, 0.15) is 11.5 Å². The summed E-state index contributed by atoms with van der Waals surface area (Å²) in [6.07, 6.45) is 0.393. The second-order valence-electron chi connectivity index (χ2n) is 6.69. The van der Waals surface area contributed by atoms with Crippen molar-refractivity contribution in [3.63, 3.8) is 0 Å². The van der Waals surface area contributed by atoms with Crippen molar-refractivity contribution in [2.45, 2.75) is 11.3 Å². The van der Waals surface area contributed by atoms with Crippen molar-refractivity contribution in [1.82, 2.24) is 4.98 Å². The molecule has 4 aromatic rings. The third kappa shape index (κ3) is 4.57. The lowest BCUT2D eigenvalue weighted by Crippen LogP contribution is -2.13. The molecule has 8 heteroatoms. The fraction of sp³-hybridized carbons (Fsp3) is 0.0870. The Morgan fingerprint density at radius 1 is 0.968 bits per heavy atom. The van der Waals surface area contributed by atoms with Gasteiger partial charge in [0.2, 0.25) is 5.89 Å². The Bertz CT molecular complexity index is 1290. The van der Waals surface area contributed by atoms with Crippen LogP contribution in [0, 0.1) is 0 Å². The molecule has 0 amide bonds. The van der Waals surface area contributed by atoms with Gasteiger partial charge in [-0.15, -0.1) is 0 Å². The third-order valence-electron chi connectivity index (χ3n) is 4.57. The molecule has 31 heavy (non-hydrogen) atoms. The number of sulfonamides is 1. The van der Waals surface area contributed by atoms with Gasteiger partial charge in [0, 0.05) is 6.42 Å². The second kappa shape index (κ2) is 8.83. The lowest BCUT2D eigenvalue weighted by molar-refractivity contribution is 0.414. The van der Waals surface area contributed by atoms with Crippen molar-refractivity contribution in [2.24, 2.45) is 0 Å². The zero-order valence-corrected chi connectivity index (χ0v) is 18.2. The highest BCUT2D eigenvalue weighted by Gasteiger charge is 2.24. The van der Waals surface area contributed by atoms with Crippen LogP contribution in [0.3, 0.4) is 0 Å². The van der Waals surface area contributed by atoms with Crippen LogP contribution in [0.25, 0.3) is 11.3 Å². The van der Waals surface area contributed by atoms with Gasteiger partial charge < -0.3 is 9.15 Å². The number of oxazole rings is 1. The smallest absolute Gasteiger partial charge is 0.263 e. The van der Waals surface area contributed by atoms with E-state index in [2.05, 4.69) is 9.71 Å². The number of hydrogen-bond donors (Lipinski definition) is 1. The van der Waals surface area contributed by atoms with Gasteiger partial charge in [0.05, 0.1) is 22.6 Å². The van der Waals surface area contributed by atoms with Crippen molar-refractivity contribution in [3.05, 3.63) is 95.3 Å². The molecule has 0 bridgehead atoms. The Balaban J connectivity index is 1.80. The van der Waals surface area contributed by atoms with Gasteiger partial charge in [-0.25, -0.2) is 8.42 Å². The molecule has 6 nitrogen and oxygen atoms in total. The summed E-state index contributed by atoms with van der Waals surface area (Å²) in [5.74, 6) is 1.01. The first-order chi connectivity index (χ1) is 15.0. The molecule has 0 unspecified atom stereocenters. The third-order valence-corrected chi connectivity index (χ3v) is 6.22. The van der Waals surface area contributed by atoms with Gasteiger partial charge in [-0.1, -0.05) is 66.2 Å². The van der Waals surface area contributed by atoms with E-state index in [9.17, 15) is 8.42 Å². The molecule has 0 aliphatic rings. The van der Waals surface area contributed by atoms with E-state index >= 15 is 0 Å². The van der Waals surface area contributed by atoms with E-state index in [0.29, 0.717) is 28.6 Å². The molecule has 1 aromatic heterocycles. The first-order valence-corrected chi connectivity index (χ1v) is 11.3. The topological polar surface area (TPSA) is 81.4 Å². The van der Waals surface area contributed by atoms with Gasteiger partial charge in [0.1, 0.15) is 5.75 Å². The van der Waals surface area contributed by atoms with E-state index in [1.54, 1.807) is 36.4 Å². The molecular weight excluding hydrogens is 436 g/mol. The summed E-state index contributed by atoms with van der Waals surface area (Å²) in [7, 11) is -2.39. The van der Waals surface area contributed by atoms with Crippen LogP contribution >= 0.6 is 11.6 Å². The molecule has 4 rings (SSSR count). The highest BCUT2D eigenvalue weighted by molar-refractivity contribution is 7.92. The first-order valence-electron chi connectivity index (χ1n) is 9.42. The Hall–Kier alpha value is -3.29. The van der Waals surface area contributed by atoms with Crippen LogP contribution < -0.4 is 9.46 Å². The maximum Gasteiger partial charge on any atom is 0.263 e. The van der Waals surface area contributed by atoms with Crippen LogP contribution in [0.4, 0.5) is 5.82 Å². The van der Waals surface area contributed by atoms with Crippen molar-refractivity contribution in [2.75, 3.05) is 11.8 Å². The van der Waals surface area contributed by atoms with Crippen molar-refractivity contribution < 1.29 is 17.6 Å². The van der Waals surface area contributed by atoms with Gasteiger partial charge >= 0.3 is 0 Å². The number of anilines is 1. The molecule has 0 saturated carbocycles. The molecule has 0 atom stereocenters. The maximum absolute atomic E-state index is 12.9. The van der Waals surface area contributed by atoms with Gasteiger partial charge in [-0.2, -0.15) is 4.98 Å². The average Bonchev–Trinajstić information content (AvgIpc) is 3.16. The predicted molar refractivity (Wildman–Crippen MR) is 120 cm³/mol. The van der Waals surface area contributed by atoms with Crippen molar-refractivity contribution in [1.29, 1.82) is 0 Å². The van der Waals surface area contributed by atoms with Gasteiger partial charge in [-0.3, -0.25) is 4.72 Å². The van der Waals surface area contributed by atoms with Crippen LogP contribution in [0.2, 0.25) is 5.02 Å². The Labute approximate surface area is 185 Å². The zero-order valence-electron chi connectivity index (χ0n) is 16.6. The minimum absolute atomic E-state index is 0.0651. The number of ether oxygens (including phenoxy) is 1. The largest absolute Gasteiger partial charge is 0.494 e. The molecule has 1 N–H and O–H groups in total.